The molecule has 0 bridgehead atoms. The predicted octanol–water partition coefficient (Wildman–Crippen LogP) is 5.90. The van der Waals surface area contributed by atoms with Crippen LogP contribution in [0, 0.1) is 6.92 Å². The fraction of sp³-hybridized carbons (Fsp3) is 0.520. The Morgan fingerprint density at radius 1 is 0.857 bits per heavy atom. The number of imidazole rings is 1. The van der Waals surface area contributed by atoms with Gasteiger partial charge in [0.25, 0.3) is 0 Å². The van der Waals surface area contributed by atoms with Crippen LogP contribution >= 0.6 is 0 Å². The highest BCUT2D eigenvalue weighted by atomic mass is 16.6. The van der Waals surface area contributed by atoms with Crippen LogP contribution in [0.5, 0.6) is 0 Å². The number of nitrogen functional groups attached to an aromatic ring is 1. The zero-order valence-corrected chi connectivity index (χ0v) is 22.2. The summed E-state index contributed by atoms with van der Waals surface area (Å²) < 4.78 is 17.6. The van der Waals surface area contributed by atoms with Crippen LogP contribution in [0.3, 0.4) is 0 Å². The molecule has 2 amide bonds. The maximum atomic E-state index is 13.4. The average molecular weight is 489 g/mol. The van der Waals surface area contributed by atoms with Crippen LogP contribution in [-0.2, 0) is 14.2 Å². The first-order chi connectivity index (χ1) is 15.8. The molecule has 0 fully saturated rings. The maximum Gasteiger partial charge on any atom is 0.427 e. The number of hydrogen-bond acceptors (Lipinski definition) is 8. The van der Waals surface area contributed by atoms with Gasteiger partial charge in [0.05, 0.1) is 11.4 Å². The van der Waals surface area contributed by atoms with Gasteiger partial charge in [0.15, 0.2) is 0 Å². The molecule has 0 atom stereocenters. The van der Waals surface area contributed by atoms with Crippen LogP contribution in [-0.4, -0.2) is 44.6 Å². The Morgan fingerprint density at radius 2 is 1.34 bits per heavy atom. The number of imide groups is 1. The fourth-order valence-corrected chi connectivity index (χ4v) is 3.02. The molecule has 0 spiro atoms. The summed E-state index contributed by atoms with van der Waals surface area (Å²) in [5.41, 5.74) is 4.88. The van der Waals surface area contributed by atoms with Crippen LogP contribution < -0.4 is 10.6 Å². The van der Waals surface area contributed by atoms with Crippen molar-refractivity contribution in [2.24, 2.45) is 0 Å². The minimum atomic E-state index is -1.05. The fourth-order valence-electron chi connectivity index (χ4n) is 3.02. The Labute approximate surface area is 206 Å². The summed E-state index contributed by atoms with van der Waals surface area (Å²) in [4.78, 5) is 44.9. The lowest BCUT2D eigenvalue weighted by Crippen LogP contribution is -2.45. The third kappa shape index (κ3) is 7.46. The highest BCUT2D eigenvalue weighted by Crippen LogP contribution is 2.32. The first-order valence-electron chi connectivity index (χ1n) is 11.2. The minimum Gasteiger partial charge on any atom is -0.443 e. The van der Waals surface area contributed by atoms with Crippen molar-refractivity contribution in [2.75, 3.05) is 10.6 Å². The van der Waals surface area contributed by atoms with Gasteiger partial charge in [-0.3, -0.25) is 0 Å². The predicted molar refractivity (Wildman–Crippen MR) is 133 cm³/mol. The lowest BCUT2D eigenvalue weighted by molar-refractivity contribution is 0.0423. The normalized spacial score (nSPS) is 12.2. The first-order valence-corrected chi connectivity index (χ1v) is 11.2. The van der Waals surface area contributed by atoms with E-state index < -0.39 is 35.1 Å². The SMILES string of the molecule is Cc1nc(N(C(=O)OC(C)(C)C)C(=O)OC(C)(C)C)n(C(=O)OC(C)(C)C)c1-c1cccc(N)c1. The van der Waals surface area contributed by atoms with Gasteiger partial charge in [0, 0.05) is 11.3 Å². The molecule has 1 aromatic carbocycles. The zero-order chi connectivity index (χ0) is 26.9. The van der Waals surface area contributed by atoms with Crippen molar-refractivity contribution in [3.05, 3.63) is 30.0 Å². The summed E-state index contributed by atoms with van der Waals surface area (Å²) >= 11 is 0. The van der Waals surface area contributed by atoms with E-state index in [4.69, 9.17) is 19.9 Å². The highest BCUT2D eigenvalue weighted by molar-refractivity contribution is 6.09. The molecule has 35 heavy (non-hydrogen) atoms. The Balaban J connectivity index is 2.83. The molecule has 2 rings (SSSR count). The Hall–Kier alpha value is -3.56. The third-order valence-corrected chi connectivity index (χ3v) is 4.12. The number of carbonyl (C=O) groups excluding carboxylic acids is 3. The molecule has 0 saturated heterocycles. The number of carbonyl (C=O) groups is 3. The molecule has 2 N–H and O–H groups in total. The standard InChI is InChI=1S/C25H36N4O6/c1-15-18(16-12-11-13-17(26)14-16)28(20(30)33-23(2,3)4)19(27-15)29(21(31)34-24(5,6)7)22(32)35-25(8,9)10/h11-14H,26H2,1-10H3. The molecule has 0 radical (unpaired) electrons. The summed E-state index contributed by atoms with van der Waals surface area (Å²) in [6.45, 7) is 16.7. The van der Waals surface area contributed by atoms with Gasteiger partial charge in [-0.05, 0) is 81.4 Å². The van der Waals surface area contributed by atoms with Crippen molar-refractivity contribution in [3.63, 3.8) is 0 Å². The Morgan fingerprint density at radius 3 is 1.77 bits per heavy atom. The molecule has 10 nitrogen and oxygen atoms in total. The summed E-state index contributed by atoms with van der Waals surface area (Å²) in [5.74, 6) is -0.322. The molecular formula is C25H36N4O6. The van der Waals surface area contributed by atoms with Gasteiger partial charge in [-0.2, -0.15) is 0 Å². The monoisotopic (exact) mass is 488 g/mol. The van der Waals surface area contributed by atoms with Crippen molar-refractivity contribution < 1.29 is 28.6 Å². The maximum absolute atomic E-state index is 13.4. The van der Waals surface area contributed by atoms with E-state index >= 15 is 0 Å². The summed E-state index contributed by atoms with van der Waals surface area (Å²) in [7, 11) is 0. The average Bonchev–Trinajstić information content (AvgIpc) is 2.94. The van der Waals surface area contributed by atoms with E-state index in [-0.39, 0.29) is 5.95 Å². The second-order valence-corrected chi connectivity index (χ2v) is 11.1. The first kappa shape index (κ1) is 27.7. The molecule has 0 unspecified atom stereocenters. The van der Waals surface area contributed by atoms with Crippen molar-refractivity contribution in [1.82, 2.24) is 9.55 Å². The topological polar surface area (TPSA) is 126 Å². The van der Waals surface area contributed by atoms with E-state index in [9.17, 15) is 14.4 Å². The molecule has 1 aromatic heterocycles. The lowest BCUT2D eigenvalue weighted by Gasteiger charge is -2.28. The largest absolute Gasteiger partial charge is 0.443 e. The van der Waals surface area contributed by atoms with Crippen molar-refractivity contribution in [3.8, 4) is 11.3 Å². The van der Waals surface area contributed by atoms with E-state index in [0.29, 0.717) is 27.5 Å². The van der Waals surface area contributed by atoms with Crippen LogP contribution in [0.25, 0.3) is 11.3 Å². The van der Waals surface area contributed by atoms with Gasteiger partial charge in [0.1, 0.15) is 16.8 Å². The summed E-state index contributed by atoms with van der Waals surface area (Å²) in [6, 6.07) is 6.80. The van der Waals surface area contributed by atoms with Crippen molar-refractivity contribution in [1.29, 1.82) is 0 Å². The van der Waals surface area contributed by atoms with Crippen LogP contribution in [0.15, 0.2) is 24.3 Å². The lowest BCUT2D eigenvalue weighted by atomic mass is 10.1. The number of nitrogens with zero attached hydrogens (tertiary/aromatic N) is 3. The van der Waals surface area contributed by atoms with E-state index in [1.165, 1.54) is 0 Å². The quantitative estimate of drug-likeness (QED) is 0.409. The van der Waals surface area contributed by atoms with Crippen molar-refractivity contribution >= 4 is 29.9 Å². The summed E-state index contributed by atoms with van der Waals surface area (Å²) in [5, 5.41) is 0. The third-order valence-electron chi connectivity index (χ3n) is 4.12. The number of aryl methyl sites for hydroxylation is 1. The van der Waals surface area contributed by atoms with Gasteiger partial charge in [0.2, 0.25) is 5.95 Å². The smallest absolute Gasteiger partial charge is 0.427 e. The second kappa shape index (κ2) is 9.59. The number of rotatable bonds is 2. The molecule has 0 aliphatic rings. The van der Waals surface area contributed by atoms with Gasteiger partial charge in [-0.25, -0.2) is 23.9 Å². The Bertz CT molecular complexity index is 1090. The number of hydrogen-bond donors (Lipinski definition) is 1. The van der Waals surface area contributed by atoms with Crippen LogP contribution in [0.4, 0.5) is 26.0 Å². The second-order valence-electron chi connectivity index (χ2n) is 11.1. The van der Waals surface area contributed by atoms with Crippen LogP contribution in [0.1, 0.15) is 68.0 Å². The van der Waals surface area contributed by atoms with E-state index in [0.717, 1.165) is 4.57 Å². The van der Waals surface area contributed by atoms with Gasteiger partial charge < -0.3 is 19.9 Å². The van der Waals surface area contributed by atoms with E-state index in [2.05, 4.69) is 4.98 Å². The molecule has 0 saturated carbocycles. The molecule has 1 heterocycles. The highest BCUT2D eigenvalue weighted by Gasteiger charge is 2.39. The number of benzene rings is 1. The van der Waals surface area contributed by atoms with Gasteiger partial charge in [-0.15, -0.1) is 4.90 Å². The van der Waals surface area contributed by atoms with E-state index in [1.807, 2.05) is 0 Å². The number of ether oxygens (including phenoxy) is 3. The zero-order valence-electron chi connectivity index (χ0n) is 22.2. The molecule has 192 valence electrons. The van der Waals surface area contributed by atoms with E-state index in [1.54, 1.807) is 93.5 Å². The van der Waals surface area contributed by atoms with Crippen molar-refractivity contribution in [2.45, 2.75) is 86.0 Å². The van der Waals surface area contributed by atoms with Gasteiger partial charge in [-0.1, -0.05) is 12.1 Å². The molecular weight excluding hydrogens is 452 g/mol. The van der Waals surface area contributed by atoms with Gasteiger partial charge >= 0.3 is 18.3 Å². The molecule has 0 aliphatic carbocycles. The summed E-state index contributed by atoms with van der Waals surface area (Å²) in [6.07, 6.45) is -2.95. The molecule has 2 aromatic rings. The molecule has 10 heteroatoms. The number of nitrogens with two attached hydrogens (primary N) is 1. The van der Waals surface area contributed by atoms with Crippen LogP contribution in [0.2, 0.25) is 0 Å². The number of aromatic nitrogens is 2. The Kier molecular flexibility index (Phi) is 7.59. The minimum absolute atomic E-state index is 0.304. The molecule has 0 aliphatic heterocycles. The number of anilines is 2. The number of amides is 2.